The predicted molar refractivity (Wildman–Crippen MR) is 40.5 cm³/mol. The van der Waals surface area contributed by atoms with E-state index in [4.69, 9.17) is 0 Å². The maximum absolute atomic E-state index is 12.3. The Morgan fingerprint density at radius 2 is 2.08 bits per heavy atom. The first-order valence-electron chi connectivity index (χ1n) is 3.90. The molecule has 0 saturated carbocycles. The van der Waals surface area contributed by atoms with Gasteiger partial charge in [0.15, 0.2) is 0 Å². The Morgan fingerprint density at radius 3 is 2.50 bits per heavy atom. The van der Waals surface area contributed by atoms with Crippen LogP contribution in [0, 0.1) is 11.8 Å². The van der Waals surface area contributed by atoms with Crippen molar-refractivity contribution in [3.63, 3.8) is 0 Å². The summed E-state index contributed by atoms with van der Waals surface area (Å²) in [6, 6.07) is 0. The summed E-state index contributed by atoms with van der Waals surface area (Å²) in [5.41, 5.74) is 0.621. The van der Waals surface area contributed by atoms with Crippen LogP contribution in [0.25, 0.3) is 0 Å². The van der Waals surface area contributed by atoms with Gasteiger partial charge >= 0.3 is 6.18 Å². The molecule has 1 N–H and O–H groups in total. The van der Waals surface area contributed by atoms with Crippen LogP contribution in [0.15, 0.2) is 11.8 Å². The van der Waals surface area contributed by atoms with Crippen molar-refractivity contribution in [3.05, 3.63) is 11.8 Å². The van der Waals surface area contributed by atoms with Crippen LogP contribution in [0.1, 0.15) is 13.8 Å². The normalized spacial score (nSPS) is 30.9. The molecule has 0 bridgehead atoms. The van der Waals surface area contributed by atoms with E-state index in [0.29, 0.717) is 12.2 Å². The topological polar surface area (TPSA) is 12.0 Å². The lowest BCUT2D eigenvalue weighted by Gasteiger charge is -2.29. The molecule has 0 radical (unpaired) electrons. The van der Waals surface area contributed by atoms with E-state index in [1.54, 1.807) is 13.8 Å². The zero-order chi connectivity index (χ0) is 9.35. The molecule has 1 rings (SSSR count). The third-order valence-corrected chi connectivity index (χ3v) is 2.12. The van der Waals surface area contributed by atoms with Gasteiger partial charge in [0, 0.05) is 12.2 Å². The Hall–Kier alpha value is -0.670. The standard InChI is InChI=1S/C8H12F3N/c1-5-4-12-6(2)3-7(5)8(9,10)11/h3,5,7,12H,4H2,1-2H3/t5-,7?/m1/s1. The molecule has 0 amide bonds. The smallest absolute Gasteiger partial charge is 0.389 e. The summed E-state index contributed by atoms with van der Waals surface area (Å²) in [5.74, 6) is -1.65. The van der Waals surface area contributed by atoms with Gasteiger partial charge in [0.25, 0.3) is 0 Å². The van der Waals surface area contributed by atoms with Gasteiger partial charge in [0.05, 0.1) is 5.92 Å². The van der Waals surface area contributed by atoms with E-state index in [1.165, 1.54) is 6.08 Å². The van der Waals surface area contributed by atoms with Crippen molar-refractivity contribution in [3.8, 4) is 0 Å². The van der Waals surface area contributed by atoms with Gasteiger partial charge in [-0.1, -0.05) is 13.0 Å². The number of nitrogens with one attached hydrogen (secondary N) is 1. The van der Waals surface area contributed by atoms with Gasteiger partial charge in [-0.25, -0.2) is 0 Å². The molecule has 2 atom stereocenters. The fourth-order valence-electron chi connectivity index (χ4n) is 1.36. The summed E-state index contributed by atoms with van der Waals surface area (Å²) < 4.78 is 36.9. The Kier molecular flexibility index (Phi) is 2.35. The lowest BCUT2D eigenvalue weighted by atomic mass is 9.90. The molecule has 1 aliphatic heterocycles. The average Bonchev–Trinajstić information content (AvgIpc) is 1.92. The molecule has 0 aromatic carbocycles. The van der Waals surface area contributed by atoms with Crippen molar-refractivity contribution in [2.75, 3.05) is 6.54 Å². The molecule has 4 heteroatoms. The molecule has 0 aromatic rings. The van der Waals surface area contributed by atoms with Gasteiger partial charge in [-0.3, -0.25) is 0 Å². The van der Waals surface area contributed by atoms with Crippen LogP contribution in [-0.2, 0) is 0 Å². The number of hydrogen-bond acceptors (Lipinski definition) is 1. The van der Waals surface area contributed by atoms with Crippen LogP contribution in [0.2, 0.25) is 0 Å². The highest BCUT2D eigenvalue weighted by atomic mass is 19.4. The van der Waals surface area contributed by atoms with Gasteiger partial charge in [0.1, 0.15) is 0 Å². The van der Waals surface area contributed by atoms with E-state index in [1.807, 2.05) is 0 Å². The van der Waals surface area contributed by atoms with Crippen molar-refractivity contribution >= 4 is 0 Å². The van der Waals surface area contributed by atoms with Gasteiger partial charge < -0.3 is 5.32 Å². The maximum atomic E-state index is 12.3. The molecular formula is C8H12F3N. The van der Waals surface area contributed by atoms with Crippen LogP contribution in [-0.4, -0.2) is 12.7 Å². The van der Waals surface area contributed by atoms with Gasteiger partial charge in [-0.2, -0.15) is 13.2 Å². The first-order chi connectivity index (χ1) is 5.41. The van der Waals surface area contributed by atoms with E-state index < -0.39 is 12.1 Å². The summed E-state index contributed by atoms with van der Waals surface area (Å²) in [7, 11) is 0. The minimum atomic E-state index is -4.09. The molecule has 70 valence electrons. The van der Waals surface area contributed by atoms with Crippen molar-refractivity contribution in [2.45, 2.75) is 20.0 Å². The Labute approximate surface area is 69.6 Å². The second-order valence-electron chi connectivity index (χ2n) is 3.28. The summed E-state index contributed by atoms with van der Waals surface area (Å²) in [6.07, 6.45) is -2.84. The van der Waals surface area contributed by atoms with E-state index in [0.717, 1.165) is 0 Å². The fourth-order valence-corrected chi connectivity index (χ4v) is 1.36. The van der Waals surface area contributed by atoms with Crippen molar-refractivity contribution in [2.24, 2.45) is 11.8 Å². The minimum absolute atomic E-state index is 0.367. The van der Waals surface area contributed by atoms with Crippen LogP contribution in [0.3, 0.4) is 0 Å². The van der Waals surface area contributed by atoms with Crippen LogP contribution >= 0.6 is 0 Å². The monoisotopic (exact) mass is 179 g/mol. The second-order valence-corrected chi connectivity index (χ2v) is 3.28. The van der Waals surface area contributed by atoms with Crippen LogP contribution < -0.4 is 5.32 Å². The number of rotatable bonds is 0. The molecule has 0 aliphatic carbocycles. The van der Waals surface area contributed by atoms with Gasteiger partial charge in [-0.15, -0.1) is 0 Å². The molecule has 0 saturated heterocycles. The third-order valence-electron chi connectivity index (χ3n) is 2.12. The highest BCUT2D eigenvalue weighted by Crippen LogP contribution is 2.35. The molecule has 1 aliphatic rings. The number of halogens is 3. The second kappa shape index (κ2) is 2.99. The Balaban J connectivity index is 2.80. The molecule has 0 fully saturated rings. The van der Waals surface area contributed by atoms with E-state index in [2.05, 4.69) is 5.32 Å². The van der Waals surface area contributed by atoms with E-state index >= 15 is 0 Å². The van der Waals surface area contributed by atoms with Crippen molar-refractivity contribution in [1.82, 2.24) is 5.32 Å². The summed E-state index contributed by atoms with van der Waals surface area (Å²) in [6.45, 7) is 3.67. The van der Waals surface area contributed by atoms with E-state index in [9.17, 15) is 13.2 Å². The minimum Gasteiger partial charge on any atom is -0.389 e. The first kappa shape index (κ1) is 9.42. The Morgan fingerprint density at radius 1 is 1.50 bits per heavy atom. The molecule has 1 heterocycles. The van der Waals surface area contributed by atoms with Crippen molar-refractivity contribution < 1.29 is 13.2 Å². The Bertz CT molecular complexity index is 195. The number of hydrogen-bond donors (Lipinski definition) is 1. The zero-order valence-corrected chi connectivity index (χ0v) is 7.07. The molecule has 1 unspecified atom stereocenters. The lowest BCUT2D eigenvalue weighted by Crippen LogP contribution is -2.37. The zero-order valence-electron chi connectivity index (χ0n) is 7.07. The lowest BCUT2D eigenvalue weighted by molar-refractivity contribution is -0.173. The highest BCUT2D eigenvalue weighted by molar-refractivity contribution is 5.07. The number of alkyl halides is 3. The third kappa shape index (κ3) is 1.93. The average molecular weight is 179 g/mol. The fraction of sp³-hybridized carbons (Fsp3) is 0.750. The number of allylic oxidation sites excluding steroid dienone is 2. The summed E-state index contributed by atoms with van der Waals surface area (Å²) in [4.78, 5) is 0. The summed E-state index contributed by atoms with van der Waals surface area (Å²) >= 11 is 0. The van der Waals surface area contributed by atoms with Crippen molar-refractivity contribution in [1.29, 1.82) is 0 Å². The van der Waals surface area contributed by atoms with Crippen LogP contribution in [0.5, 0.6) is 0 Å². The molecule has 12 heavy (non-hydrogen) atoms. The molecule has 1 nitrogen and oxygen atoms in total. The van der Waals surface area contributed by atoms with Gasteiger partial charge in [-0.05, 0) is 12.8 Å². The molecular weight excluding hydrogens is 167 g/mol. The molecule has 0 spiro atoms. The molecule has 0 aromatic heterocycles. The quantitative estimate of drug-likeness (QED) is 0.601. The maximum Gasteiger partial charge on any atom is 0.395 e. The van der Waals surface area contributed by atoms with Crippen LogP contribution in [0.4, 0.5) is 13.2 Å². The predicted octanol–water partition coefficient (Wildman–Crippen LogP) is 2.31. The van der Waals surface area contributed by atoms with Gasteiger partial charge in [0.2, 0.25) is 0 Å². The summed E-state index contributed by atoms with van der Waals surface area (Å²) in [5, 5.41) is 2.89. The highest BCUT2D eigenvalue weighted by Gasteiger charge is 2.42. The largest absolute Gasteiger partial charge is 0.395 e. The van der Waals surface area contributed by atoms with E-state index in [-0.39, 0.29) is 5.92 Å². The first-order valence-corrected chi connectivity index (χ1v) is 3.90. The SMILES string of the molecule is CC1=CC(C(F)(F)F)[C@H](C)CN1.